The minimum absolute atomic E-state index is 0.0587. The number of benzene rings is 1. The van der Waals surface area contributed by atoms with Crippen molar-refractivity contribution in [2.24, 2.45) is 0 Å². The van der Waals surface area contributed by atoms with Crippen LogP contribution in [0, 0.1) is 18.6 Å². The predicted octanol–water partition coefficient (Wildman–Crippen LogP) is 3.94. The number of ether oxygens (including phenoxy) is 1. The van der Waals surface area contributed by atoms with E-state index in [1.54, 1.807) is 6.33 Å². The molecule has 1 saturated heterocycles. The summed E-state index contributed by atoms with van der Waals surface area (Å²) < 4.78 is 34.7. The van der Waals surface area contributed by atoms with Crippen molar-refractivity contribution < 1.29 is 13.5 Å². The Labute approximate surface area is 138 Å². The van der Waals surface area contributed by atoms with Crippen molar-refractivity contribution in [2.45, 2.75) is 38.5 Å². The summed E-state index contributed by atoms with van der Waals surface area (Å²) in [6.07, 6.45) is 5.52. The molecule has 1 aliphatic rings. The molecule has 4 nitrogen and oxygen atoms in total. The second-order valence-electron chi connectivity index (χ2n) is 6.19. The van der Waals surface area contributed by atoms with Crippen molar-refractivity contribution in [1.29, 1.82) is 0 Å². The van der Waals surface area contributed by atoms with Gasteiger partial charge in [-0.15, -0.1) is 0 Å². The van der Waals surface area contributed by atoms with Crippen LogP contribution in [0.3, 0.4) is 0 Å². The average Bonchev–Trinajstić information content (AvgIpc) is 3.13. The molecule has 2 atom stereocenters. The van der Waals surface area contributed by atoms with Gasteiger partial charge in [-0.3, -0.25) is 0 Å². The molecule has 0 saturated carbocycles. The number of fused-ring (bicyclic) bond motifs is 1. The normalized spacial score (nSPS) is 20.8. The standard InChI is InChI=1S/C18H17F2N3O/c1-11-16-4-5-23(18(16)22-10-21-11)17-3-2-15(24-17)8-12-6-13(19)9-14(20)7-12/h4-7,9-10,15,17H,2-3,8H2,1H3. The van der Waals surface area contributed by atoms with Crippen LogP contribution in [-0.4, -0.2) is 20.6 Å². The Morgan fingerprint density at radius 3 is 2.75 bits per heavy atom. The maximum atomic E-state index is 13.3. The molecular formula is C18H17F2N3O. The maximum absolute atomic E-state index is 13.3. The van der Waals surface area contributed by atoms with Crippen LogP contribution in [0.25, 0.3) is 11.0 Å². The SMILES string of the molecule is Cc1ncnc2c1ccn2C1CCC(Cc2cc(F)cc(F)c2)O1. The van der Waals surface area contributed by atoms with Gasteiger partial charge in [0.1, 0.15) is 29.8 Å². The summed E-state index contributed by atoms with van der Waals surface area (Å²) in [5, 5.41) is 1.01. The van der Waals surface area contributed by atoms with E-state index >= 15 is 0 Å². The molecule has 4 rings (SSSR count). The average molecular weight is 329 g/mol. The van der Waals surface area contributed by atoms with Crippen LogP contribution in [0.1, 0.15) is 30.3 Å². The van der Waals surface area contributed by atoms with Gasteiger partial charge in [0.15, 0.2) is 0 Å². The van der Waals surface area contributed by atoms with E-state index < -0.39 is 11.6 Å². The molecular weight excluding hydrogens is 312 g/mol. The zero-order valence-electron chi connectivity index (χ0n) is 13.2. The number of halogens is 2. The quantitative estimate of drug-likeness (QED) is 0.731. The number of aromatic nitrogens is 3. The van der Waals surface area contributed by atoms with Gasteiger partial charge in [-0.05, 0) is 49.9 Å². The van der Waals surface area contributed by atoms with Gasteiger partial charge in [-0.2, -0.15) is 0 Å². The molecule has 124 valence electrons. The first kappa shape index (κ1) is 15.2. The molecule has 0 amide bonds. The highest BCUT2D eigenvalue weighted by Gasteiger charge is 2.28. The van der Waals surface area contributed by atoms with Crippen molar-refractivity contribution >= 4 is 11.0 Å². The van der Waals surface area contributed by atoms with Gasteiger partial charge in [0, 0.05) is 17.6 Å². The van der Waals surface area contributed by atoms with Gasteiger partial charge >= 0.3 is 0 Å². The molecule has 2 aromatic heterocycles. The van der Waals surface area contributed by atoms with Crippen LogP contribution in [0.2, 0.25) is 0 Å². The Morgan fingerprint density at radius 1 is 1.17 bits per heavy atom. The molecule has 0 radical (unpaired) electrons. The fraction of sp³-hybridized carbons (Fsp3) is 0.333. The molecule has 0 bridgehead atoms. The van der Waals surface area contributed by atoms with Crippen molar-refractivity contribution in [3.63, 3.8) is 0 Å². The second kappa shape index (κ2) is 5.94. The smallest absolute Gasteiger partial charge is 0.145 e. The molecule has 0 N–H and O–H groups in total. The third-order valence-electron chi connectivity index (χ3n) is 4.49. The third-order valence-corrected chi connectivity index (χ3v) is 4.49. The first-order valence-corrected chi connectivity index (χ1v) is 7.99. The Hall–Kier alpha value is -2.34. The van der Waals surface area contributed by atoms with E-state index in [2.05, 4.69) is 9.97 Å². The molecule has 0 spiro atoms. The van der Waals surface area contributed by atoms with Crippen molar-refractivity contribution in [2.75, 3.05) is 0 Å². The Kier molecular flexibility index (Phi) is 3.76. The first-order valence-electron chi connectivity index (χ1n) is 7.99. The third kappa shape index (κ3) is 2.78. The topological polar surface area (TPSA) is 39.9 Å². The van der Waals surface area contributed by atoms with E-state index in [0.717, 1.165) is 35.6 Å². The van der Waals surface area contributed by atoms with Crippen LogP contribution in [0.4, 0.5) is 8.78 Å². The van der Waals surface area contributed by atoms with E-state index in [1.165, 1.54) is 12.1 Å². The summed E-state index contributed by atoms with van der Waals surface area (Å²) in [5.41, 5.74) is 2.40. The monoisotopic (exact) mass is 329 g/mol. The number of aryl methyl sites for hydroxylation is 1. The summed E-state index contributed by atoms with van der Waals surface area (Å²) in [7, 11) is 0. The molecule has 6 heteroatoms. The van der Waals surface area contributed by atoms with Crippen LogP contribution in [-0.2, 0) is 11.2 Å². The Balaban J connectivity index is 1.52. The highest BCUT2D eigenvalue weighted by Crippen LogP contribution is 2.33. The fourth-order valence-corrected chi connectivity index (χ4v) is 3.36. The van der Waals surface area contributed by atoms with E-state index in [0.29, 0.717) is 12.0 Å². The predicted molar refractivity (Wildman–Crippen MR) is 85.5 cm³/mol. The molecule has 2 unspecified atom stereocenters. The van der Waals surface area contributed by atoms with Gasteiger partial charge in [0.25, 0.3) is 0 Å². The lowest BCUT2D eigenvalue weighted by Gasteiger charge is -2.16. The largest absolute Gasteiger partial charge is 0.354 e. The van der Waals surface area contributed by atoms with Gasteiger partial charge < -0.3 is 9.30 Å². The summed E-state index contributed by atoms with van der Waals surface area (Å²) in [4.78, 5) is 8.55. The minimum Gasteiger partial charge on any atom is -0.354 e. The second-order valence-corrected chi connectivity index (χ2v) is 6.19. The fourth-order valence-electron chi connectivity index (χ4n) is 3.36. The lowest BCUT2D eigenvalue weighted by atomic mass is 10.1. The van der Waals surface area contributed by atoms with Gasteiger partial charge in [0.2, 0.25) is 0 Å². The van der Waals surface area contributed by atoms with Crippen LogP contribution >= 0.6 is 0 Å². The van der Waals surface area contributed by atoms with Crippen LogP contribution < -0.4 is 0 Å². The number of hydrogen-bond donors (Lipinski definition) is 0. The van der Waals surface area contributed by atoms with E-state index in [-0.39, 0.29) is 12.3 Å². The summed E-state index contributed by atoms with van der Waals surface area (Å²) in [5.74, 6) is -1.11. The highest BCUT2D eigenvalue weighted by atomic mass is 19.1. The molecule has 1 fully saturated rings. The summed E-state index contributed by atoms with van der Waals surface area (Å²) >= 11 is 0. The zero-order chi connectivity index (χ0) is 16.7. The van der Waals surface area contributed by atoms with E-state index in [9.17, 15) is 8.78 Å². The van der Waals surface area contributed by atoms with Crippen molar-refractivity contribution in [3.05, 3.63) is 59.7 Å². The minimum atomic E-state index is -0.553. The molecule has 1 aromatic carbocycles. The number of rotatable bonds is 3. The molecule has 1 aliphatic heterocycles. The van der Waals surface area contributed by atoms with Gasteiger partial charge in [-0.1, -0.05) is 0 Å². The Bertz CT molecular complexity index is 873. The van der Waals surface area contributed by atoms with E-state index in [4.69, 9.17) is 4.74 Å². The van der Waals surface area contributed by atoms with Crippen LogP contribution in [0.5, 0.6) is 0 Å². The first-order chi connectivity index (χ1) is 11.6. The molecule has 0 aliphatic carbocycles. The lowest BCUT2D eigenvalue weighted by Crippen LogP contribution is -2.13. The number of nitrogens with zero attached hydrogens (tertiary/aromatic N) is 3. The molecule has 3 aromatic rings. The summed E-state index contributed by atoms with van der Waals surface area (Å²) in [6, 6.07) is 5.60. The highest BCUT2D eigenvalue weighted by molar-refractivity contribution is 5.78. The van der Waals surface area contributed by atoms with Gasteiger partial charge in [-0.25, -0.2) is 18.7 Å². The van der Waals surface area contributed by atoms with E-state index in [1.807, 2.05) is 23.8 Å². The molecule has 24 heavy (non-hydrogen) atoms. The van der Waals surface area contributed by atoms with Crippen molar-refractivity contribution in [3.8, 4) is 0 Å². The maximum Gasteiger partial charge on any atom is 0.145 e. The molecule has 3 heterocycles. The zero-order valence-corrected chi connectivity index (χ0v) is 13.2. The van der Waals surface area contributed by atoms with Crippen molar-refractivity contribution in [1.82, 2.24) is 14.5 Å². The Morgan fingerprint density at radius 2 is 1.96 bits per heavy atom. The van der Waals surface area contributed by atoms with Crippen LogP contribution in [0.15, 0.2) is 36.8 Å². The lowest BCUT2D eigenvalue weighted by molar-refractivity contribution is 0.00501. The summed E-state index contributed by atoms with van der Waals surface area (Å²) in [6.45, 7) is 1.95. The van der Waals surface area contributed by atoms with Gasteiger partial charge in [0.05, 0.1) is 11.8 Å². The number of hydrogen-bond acceptors (Lipinski definition) is 3.